The summed E-state index contributed by atoms with van der Waals surface area (Å²) in [5, 5.41) is 0. The van der Waals surface area contributed by atoms with Crippen molar-refractivity contribution < 1.29 is 19.0 Å². The van der Waals surface area contributed by atoms with Crippen LogP contribution in [0.25, 0.3) is 0 Å². The van der Waals surface area contributed by atoms with Crippen LogP contribution in [0.5, 0.6) is 0 Å². The molecule has 0 fully saturated rings. The lowest BCUT2D eigenvalue weighted by Crippen LogP contribution is -2.25. The molecule has 0 aromatic carbocycles. The van der Waals surface area contributed by atoms with Gasteiger partial charge in [-0.25, -0.2) is 0 Å². The topological polar surface area (TPSA) is 44.8 Å². The summed E-state index contributed by atoms with van der Waals surface area (Å²) in [5.74, 6) is -0.140. The predicted octanol–water partition coefficient (Wildman–Crippen LogP) is 13.2. The van der Waals surface area contributed by atoms with E-state index in [2.05, 4.69) is 71.1 Å². The van der Waals surface area contributed by atoms with Crippen LogP contribution in [0.2, 0.25) is 0 Å². The molecule has 0 aliphatic carbocycles. The Labute approximate surface area is 277 Å². The maximum atomic E-state index is 11.5. The number of allylic oxidation sites excluding steroid dienone is 6. The molecule has 44 heavy (non-hydrogen) atoms. The Kier molecular flexibility index (Phi) is 54.6. The smallest absolute Gasteiger partial charge is 0.305 e. The van der Waals surface area contributed by atoms with Gasteiger partial charge >= 0.3 is 5.97 Å². The highest BCUT2D eigenvalue weighted by molar-refractivity contribution is 5.69. The molecular weight excluding hydrogens is 544 g/mol. The Hall–Kier alpha value is -1.39. The Balaban J connectivity index is -0.000000295. The second kappa shape index (κ2) is 48.5. The highest BCUT2D eigenvalue weighted by Gasteiger charge is 2.10. The SMILES string of the molecule is C.C/C=C/CCCCCCCC.C/C=C/CCCCCCCC.CC/C=C/CCCCCCCC(=O)OCC(COC)OC. The van der Waals surface area contributed by atoms with Crippen LogP contribution in [0.4, 0.5) is 0 Å². The Morgan fingerprint density at radius 2 is 1.00 bits per heavy atom. The van der Waals surface area contributed by atoms with Gasteiger partial charge in [0.05, 0.1) is 6.61 Å². The second-order valence-electron chi connectivity index (χ2n) is 11.4. The lowest BCUT2D eigenvalue weighted by Gasteiger charge is -2.14. The van der Waals surface area contributed by atoms with Crippen LogP contribution in [0, 0.1) is 0 Å². The lowest BCUT2D eigenvalue weighted by molar-refractivity contribution is -0.148. The quantitative estimate of drug-likeness (QED) is 0.0493. The standard InChI is InChI=1S/C17H32O4.2C11H22.CH4/c1-4-5-6-7-8-9-10-11-12-13-17(18)21-15-16(20-3)14-19-2;2*1-3-5-7-9-11-10-8-6-4-2;/h5-6,16H,4,7-15H2,1-3H3;2*3,5H,4,6-11H2,1-2H3;1H4/b6-5+;2*5-3+;. The van der Waals surface area contributed by atoms with E-state index in [9.17, 15) is 4.79 Å². The van der Waals surface area contributed by atoms with Gasteiger partial charge in [-0.15, -0.1) is 0 Å². The fourth-order valence-electron chi connectivity index (χ4n) is 4.39. The van der Waals surface area contributed by atoms with Crippen molar-refractivity contribution >= 4 is 5.97 Å². The molecule has 264 valence electrons. The Morgan fingerprint density at radius 3 is 1.41 bits per heavy atom. The van der Waals surface area contributed by atoms with E-state index in [0.29, 0.717) is 13.0 Å². The Bertz CT molecular complexity index is 558. The molecule has 0 aromatic rings. The Morgan fingerprint density at radius 1 is 0.568 bits per heavy atom. The molecule has 0 radical (unpaired) electrons. The zero-order chi connectivity index (χ0) is 32.5. The number of methoxy groups -OCH3 is 2. The van der Waals surface area contributed by atoms with E-state index in [1.165, 1.54) is 116 Å². The summed E-state index contributed by atoms with van der Waals surface area (Å²) in [6, 6.07) is 0. The second-order valence-corrected chi connectivity index (χ2v) is 11.4. The molecule has 0 spiro atoms. The summed E-state index contributed by atoms with van der Waals surface area (Å²) in [4.78, 5) is 11.5. The number of hydrogen-bond donors (Lipinski definition) is 0. The van der Waals surface area contributed by atoms with Crippen LogP contribution >= 0.6 is 0 Å². The molecule has 0 bridgehead atoms. The molecule has 0 N–H and O–H groups in total. The van der Waals surface area contributed by atoms with Crippen LogP contribution in [0.1, 0.15) is 183 Å². The number of carbonyl (C=O) groups excluding carboxylic acids is 1. The van der Waals surface area contributed by atoms with Crippen molar-refractivity contribution in [3.8, 4) is 0 Å². The first-order chi connectivity index (χ1) is 21.1. The average Bonchev–Trinajstić information content (AvgIpc) is 3.02. The van der Waals surface area contributed by atoms with Gasteiger partial charge in [0.1, 0.15) is 12.7 Å². The fourth-order valence-corrected chi connectivity index (χ4v) is 4.39. The molecular formula is C40H80O4. The molecule has 0 saturated carbocycles. The number of ether oxygens (including phenoxy) is 3. The molecule has 0 amide bonds. The van der Waals surface area contributed by atoms with E-state index >= 15 is 0 Å². The maximum absolute atomic E-state index is 11.5. The van der Waals surface area contributed by atoms with Gasteiger partial charge in [0.2, 0.25) is 0 Å². The number of unbranched alkanes of at least 4 members (excludes halogenated alkanes) is 17. The van der Waals surface area contributed by atoms with Gasteiger partial charge in [-0.2, -0.15) is 0 Å². The van der Waals surface area contributed by atoms with Gasteiger partial charge in [0.25, 0.3) is 0 Å². The van der Waals surface area contributed by atoms with E-state index in [0.717, 1.165) is 19.3 Å². The van der Waals surface area contributed by atoms with E-state index in [1.807, 2.05) is 0 Å². The molecule has 0 aliphatic rings. The minimum atomic E-state index is -0.171. The van der Waals surface area contributed by atoms with Crippen LogP contribution in [-0.2, 0) is 19.0 Å². The third-order valence-corrected chi connectivity index (χ3v) is 7.19. The summed E-state index contributed by atoms with van der Waals surface area (Å²) in [6.07, 6.45) is 41.1. The number of carbonyl (C=O) groups is 1. The molecule has 0 aromatic heterocycles. The van der Waals surface area contributed by atoms with Gasteiger partial charge < -0.3 is 14.2 Å². The summed E-state index contributed by atoms with van der Waals surface area (Å²) in [7, 11) is 3.19. The molecule has 0 saturated heterocycles. The van der Waals surface area contributed by atoms with Gasteiger partial charge in [-0.3, -0.25) is 4.79 Å². The van der Waals surface area contributed by atoms with E-state index in [4.69, 9.17) is 14.2 Å². The zero-order valence-corrected chi connectivity index (χ0v) is 30.1. The fraction of sp³-hybridized carbons (Fsp3) is 0.825. The van der Waals surface area contributed by atoms with E-state index in [1.54, 1.807) is 14.2 Å². The largest absolute Gasteiger partial charge is 0.463 e. The van der Waals surface area contributed by atoms with Crippen molar-refractivity contribution in [1.82, 2.24) is 0 Å². The first-order valence-electron chi connectivity index (χ1n) is 18.1. The molecule has 4 nitrogen and oxygen atoms in total. The third kappa shape index (κ3) is 50.2. The third-order valence-electron chi connectivity index (χ3n) is 7.19. The van der Waals surface area contributed by atoms with Gasteiger partial charge in [0, 0.05) is 20.6 Å². The molecule has 1 unspecified atom stereocenters. The van der Waals surface area contributed by atoms with Crippen molar-refractivity contribution in [3.63, 3.8) is 0 Å². The first-order valence-corrected chi connectivity index (χ1v) is 18.1. The normalized spacial score (nSPS) is 11.6. The minimum Gasteiger partial charge on any atom is -0.463 e. The number of hydrogen-bond acceptors (Lipinski definition) is 4. The summed E-state index contributed by atoms with van der Waals surface area (Å²) in [6.45, 7) is 11.6. The monoisotopic (exact) mass is 625 g/mol. The molecule has 4 heteroatoms. The van der Waals surface area contributed by atoms with Crippen molar-refractivity contribution in [2.24, 2.45) is 0 Å². The van der Waals surface area contributed by atoms with Crippen LogP contribution in [-0.4, -0.2) is 39.5 Å². The van der Waals surface area contributed by atoms with E-state index < -0.39 is 0 Å². The molecule has 0 rings (SSSR count). The molecule has 0 aliphatic heterocycles. The van der Waals surface area contributed by atoms with Crippen molar-refractivity contribution in [3.05, 3.63) is 36.5 Å². The summed E-state index contributed by atoms with van der Waals surface area (Å²) < 4.78 is 15.3. The number of rotatable bonds is 28. The van der Waals surface area contributed by atoms with Crippen LogP contribution in [0.15, 0.2) is 36.5 Å². The molecule has 1 atom stereocenters. The highest BCUT2D eigenvalue weighted by Crippen LogP contribution is 2.09. The molecule has 0 heterocycles. The van der Waals surface area contributed by atoms with Gasteiger partial charge in [-0.05, 0) is 65.2 Å². The summed E-state index contributed by atoms with van der Waals surface area (Å²) in [5.41, 5.74) is 0. The van der Waals surface area contributed by atoms with Crippen LogP contribution < -0.4 is 0 Å². The predicted molar refractivity (Wildman–Crippen MR) is 198 cm³/mol. The van der Waals surface area contributed by atoms with E-state index in [-0.39, 0.29) is 26.1 Å². The average molecular weight is 625 g/mol. The van der Waals surface area contributed by atoms with Gasteiger partial charge in [0.15, 0.2) is 0 Å². The zero-order valence-electron chi connectivity index (χ0n) is 30.1. The van der Waals surface area contributed by atoms with Crippen LogP contribution in [0.3, 0.4) is 0 Å². The number of esters is 1. The highest BCUT2D eigenvalue weighted by atomic mass is 16.6. The van der Waals surface area contributed by atoms with Gasteiger partial charge in [-0.1, -0.05) is 148 Å². The maximum Gasteiger partial charge on any atom is 0.305 e. The summed E-state index contributed by atoms with van der Waals surface area (Å²) >= 11 is 0. The van der Waals surface area contributed by atoms with Crippen molar-refractivity contribution in [2.45, 2.75) is 189 Å². The van der Waals surface area contributed by atoms with Crippen molar-refractivity contribution in [2.75, 3.05) is 27.4 Å². The minimum absolute atomic E-state index is 0. The first kappa shape index (κ1) is 49.5. The lowest BCUT2D eigenvalue weighted by atomic mass is 10.1. The van der Waals surface area contributed by atoms with Crippen molar-refractivity contribution in [1.29, 1.82) is 0 Å².